The van der Waals surface area contributed by atoms with E-state index in [9.17, 15) is 0 Å². The van der Waals surface area contributed by atoms with Gasteiger partial charge in [-0.2, -0.15) is 0 Å². The highest BCUT2D eigenvalue weighted by Crippen LogP contribution is 2.30. The third-order valence-electron chi connectivity index (χ3n) is 3.29. The molecule has 108 valence electrons. The zero-order valence-corrected chi connectivity index (χ0v) is 13.9. The van der Waals surface area contributed by atoms with Gasteiger partial charge in [-0.3, -0.25) is 0 Å². The first kappa shape index (κ1) is 15.3. The fourth-order valence-corrected chi connectivity index (χ4v) is 2.96. The molecule has 0 fully saturated rings. The predicted molar refractivity (Wildman–Crippen MR) is 86.9 cm³/mol. The summed E-state index contributed by atoms with van der Waals surface area (Å²) in [5, 5.41) is 3.53. The Kier molecular flexibility index (Phi) is 5.44. The minimum Gasteiger partial charge on any atom is -0.457 e. The van der Waals surface area contributed by atoms with Crippen molar-refractivity contribution in [1.82, 2.24) is 5.32 Å². The molecule has 0 bridgehead atoms. The van der Waals surface area contributed by atoms with Crippen LogP contribution in [-0.4, -0.2) is 6.54 Å². The lowest BCUT2D eigenvalue weighted by Gasteiger charge is -2.19. The van der Waals surface area contributed by atoms with Crippen LogP contribution in [0.15, 0.2) is 45.7 Å². The Bertz CT molecular complexity index is 547. The van der Waals surface area contributed by atoms with Crippen molar-refractivity contribution in [2.45, 2.75) is 33.2 Å². The molecule has 2 aromatic rings. The van der Waals surface area contributed by atoms with Crippen molar-refractivity contribution >= 4 is 15.9 Å². The lowest BCUT2D eigenvalue weighted by atomic mass is 9.96. The summed E-state index contributed by atoms with van der Waals surface area (Å²) in [6.07, 6.45) is 2.83. The number of nitrogens with one attached hydrogen (secondary N) is 1. The normalized spacial score (nSPS) is 12.8. The number of rotatable bonds is 6. The predicted octanol–water partition coefficient (Wildman–Crippen LogP) is 4.94. The molecule has 3 heteroatoms. The molecule has 0 amide bonds. The van der Waals surface area contributed by atoms with Crippen molar-refractivity contribution in [3.8, 4) is 0 Å². The Morgan fingerprint density at radius 2 is 2.05 bits per heavy atom. The number of halogens is 1. The van der Waals surface area contributed by atoms with Gasteiger partial charge in [0.25, 0.3) is 0 Å². The van der Waals surface area contributed by atoms with Crippen molar-refractivity contribution in [3.63, 3.8) is 0 Å². The highest BCUT2D eigenvalue weighted by molar-refractivity contribution is 9.10. The van der Waals surface area contributed by atoms with E-state index in [0.717, 1.165) is 23.2 Å². The summed E-state index contributed by atoms with van der Waals surface area (Å²) in [4.78, 5) is 0. The molecule has 0 radical (unpaired) electrons. The van der Waals surface area contributed by atoms with Crippen molar-refractivity contribution in [1.29, 1.82) is 0 Å². The first-order valence-electron chi connectivity index (χ1n) is 7.17. The summed E-state index contributed by atoms with van der Waals surface area (Å²) in [6.45, 7) is 7.54. The molecule has 1 aromatic carbocycles. The highest BCUT2D eigenvalue weighted by atomic mass is 79.9. The van der Waals surface area contributed by atoms with E-state index in [4.69, 9.17) is 4.42 Å². The fraction of sp³-hybridized carbons (Fsp3) is 0.412. The summed E-state index contributed by atoms with van der Waals surface area (Å²) >= 11 is 3.49. The Morgan fingerprint density at radius 1 is 1.25 bits per heavy atom. The molecular formula is C17H22BrNO. The molecule has 1 unspecified atom stereocenters. The van der Waals surface area contributed by atoms with Gasteiger partial charge >= 0.3 is 0 Å². The lowest BCUT2D eigenvalue weighted by Crippen LogP contribution is -2.22. The Labute approximate surface area is 129 Å². The van der Waals surface area contributed by atoms with E-state index in [1.807, 2.05) is 6.07 Å². The van der Waals surface area contributed by atoms with E-state index in [1.165, 1.54) is 11.1 Å². The van der Waals surface area contributed by atoms with Gasteiger partial charge in [-0.25, -0.2) is 0 Å². The van der Waals surface area contributed by atoms with Crippen LogP contribution in [-0.2, 0) is 6.42 Å². The van der Waals surface area contributed by atoms with Gasteiger partial charge < -0.3 is 9.73 Å². The number of hydrogen-bond donors (Lipinski definition) is 1. The molecule has 0 aliphatic carbocycles. The largest absolute Gasteiger partial charge is 0.457 e. The van der Waals surface area contributed by atoms with Gasteiger partial charge in [0.1, 0.15) is 0 Å². The van der Waals surface area contributed by atoms with Gasteiger partial charge in [0, 0.05) is 5.56 Å². The first-order chi connectivity index (χ1) is 9.61. The second-order valence-corrected chi connectivity index (χ2v) is 6.20. The Hall–Kier alpha value is -1.06. The molecule has 0 saturated carbocycles. The molecule has 0 aliphatic heterocycles. The van der Waals surface area contributed by atoms with Gasteiger partial charge in [-0.15, -0.1) is 0 Å². The monoisotopic (exact) mass is 335 g/mol. The van der Waals surface area contributed by atoms with Crippen LogP contribution in [0.4, 0.5) is 0 Å². The quantitative estimate of drug-likeness (QED) is 0.808. The van der Waals surface area contributed by atoms with E-state index < -0.39 is 0 Å². The molecule has 1 N–H and O–H groups in total. The van der Waals surface area contributed by atoms with Crippen LogP contribution < -0.4 is 5.32 Å². The maximum Gasteiger partial charge on any atom is 0.174 e. The molecular weight excluding hydrogens is 314 g/mol. The van der Waals surface area contributed by atoms with Gasteiger partial charge in [0.15, 0.2) is 4.67 Å². The zero-order chi connectivity index (χ0) is 14.5. The standard InChI is InChI=1S/C17H22BrNO/c1-4-19-16(15-8-9-20-17(15)18)14-7-5-6-13(11-14)10-12(2)3/h5-9,11-12,16,19H,4,10H2,1-3H3. The number of furan rings is 1. The molecule has 1 aromatic heterocycles. The SMILES string of the molecule is CCNC(c1cccc(CC(C)C)c1)c1ccoc1Br. The fourth-order valence-electron chi connectivity index (χ4n) is 2.49. The number of benzene rings is 1. The van der Waals surface area contributed by atoms with Gasteiger partial charge in [-0.1, -0.05) is 45.0 Å². The Morgan fingerprint density at radius 3 is 2.65 bits per heavy atom. The van der Waals surface area contributed by atoms with E-state index in [0.29, 0.717) is 5.92 Å². The van der Waals surface area contributed by atoms with E-state index in [1.54, 1.807) is 6.26 Å². The van der Waals surface area contributed by atoms with Crippen molar-refractivity contribution in [2.24, 2.45) is 5.92 Å². The van der Waals surface area contributed by atoms with Gasteiger partial charge in [-0.05, 0) is 52.0 Å². The Balaban J connectivity index is 2.32. The number of hydrogen-bond acceptors (Lipinski definition) is 2. The van der Waals surface area contributed by atoms with E-state index in [2.05, 4.69) is 66.3 Å². The third-order valence-corrected chi connectivity index (χ3v) is 3.94. The first-order valence-corrected chi connectivity index (χ1v) is 7.96. The average Bonchev–Trinajstić information content (AvgIpc) is 2.81. The van der Waals surface area contributed by atoms with Crippen LogP contribution in [0.25, 0.3) is 0 Å². The van der Waals surface area contributed by atoms with Crippen LogP contribution >= 0.6 is 15.9 Å². The third kappa shape index (κ3) is 3.74. The molecule has 0 spiro atoms. The second-order valence-electron chi connectivity index (χ2n) is 5.48. The average molecular weight is 336 g/mol. The minimum absolute atomic E-state index is 0.167. The van der Waals surface area contributed by atoms with Crippen molar-refractivity contribution < 1.29 is 4.42 Å². The summed E-state index contributed by atoms with van der Waals surface area (Å²) in [7, 11) is 0. The molecule has 2 rings (SSSR count). The summed E-state index contributed by atoms with van der Waals surface area (Å²) in [6, 6.07) is 11.0. The molecule has 0 saturated heterocycles. The molecule has 1 heterocycles. The molecule has 0 aliphatic rings. The van der Waals surface area contributed by atoms with Crippen LogP contribution in [0.5, 0.6) is 0 Å². The van der Waals surface area contributed by atoms with Crippen molar-refractivity contribution in [3.05, 3.63) is 58.0 Å². The smallest absolute Gasteiger partial charge is 0.174 e. The minimum atomic E-state index is 0.167. The maximum atomic E-state index is 5.38. The lowest BCUT2D eigenvalue weighted by molar-refractivity contribution is 0.526. The van der Waals surface area contributed by atoms with Crippen LogP contribution in [0.2, 0.25) is 0 Å². The highest BCUT2D eigenvalue weighted by Gasteiger charge is 2.18. The summed E-state index contributed by atoms with van der Waals surface area (Å²) in [5.74, 6) is 0.670. The van der Waals surface area contributed by atoms with Crippen LogP contribution in [0.1, 0.15) is 43.5 Å². The molecule has 2 nitrogen and oxygen atoms in total. The molecule has 20 heavy (non-hydrogen) atoms. The van der Waals surface area contributed by atoms with Crippen LogP contribution in [0, 0.1) is 5.92 Å². The van der Waals surface area contributed by atoms with E-state index >= 15 is 0 Å². The topological polar surface area (TPSA) is 25.2 Å². The van der Waals surface area contributed by atoms with Gasteiger partial charge in [0.05, 0.1) is 12.3 Å². The maximum absolute atomic E-state index is 5.38. The molecule has 1 atom stereocenters. The second kappa shape index (κ2) is 7.09. The zero-order valence-electron chi connectivity index (χ0n) is 12.3. The van der Waals surface area contributed by atoms with E-state index in [-0.39, 0.29) is 6.04 Å². The van der Waals surface area contributed by atoms with Crippen molar-refractivity contribution in [2.75, 3.05) is 6.54 Å². The summed E-state index contributed by atoms with van der Waals surface area (Å²) in [5.41, 5.74) is 3.82. The van der Waals surface area contributed by atoms with Crippen LogP contribution in [0.3, 0.4) is 0 Å². The van der Waals surface area contributed by atoms with Gasteiger partial charge in [0.2, 0.25) is 0 Å². The summed E-state index contributed by atoms with van der Waals surface area (Å²) < 4.78 is 6.19.